The van der Waals surface area contributed by atoms with E-state index in [9.17, 15) is 4.79 Å². The summed E-state index contributed by atoms with van der Waals surface area (Å²) in [6, 6.07) is 10.5. The van der Waals surface area contributed by atoms with Gasteiger partial charge in [-0.2, -0.15) is 0 Å². The molecule has 2 N–H and O–H groups in total. The minimum atomic E-state index is -0.247. The van der Waals surface area contributed by atoms with Crippen LogP contribution in [-0.2, 0) is 0 Å². The summed E-state index contributed by atoms with van der Waals surface area (Å²) >= 11 is 0. The number of hydrogen-bond acceptors (Lipinski definition) is 4. The molecule has 1 aromatic carbocycles. The van der Waals surface area contributed by atoms with Gasteiger partial charge in [0.05, 0.1) is 12.8 Å². The maximum absolute atomic E-state index is 12.3. The molecule has 0 radical (unpaired) electrons. The van der Waals surface area contributed by atoms with Crippen LogP contribution in [0.25, 0.3) is 0 Å². The number of rotatable bonds is 3. The molecule has 0 saturated heterocycles. The molecule has 0 saturated carbocycles. The van der Waals surface area contributed by atoms with E-state index in [-0.39, 0.29) is 11.6 Å². The van der Waals surface area contributed by atoms with Crippen LogP contribution in [0.5, 0.6) is 5.75 Å². The number of pyridine rings is 1. The number of hydrogen-bond donors (Lipinski definition) is 1. The van der Waals surface area contributed by atoms with E-state index >= 15 is 0 Å². The van der Waals surface area contributed by atoms with Crippen molar-refractivity contribution in [2.75, 3.05) is 24.8 Å². The molecule has 5 heteroatoms. The van der Waals surface area contributed by atoms with Gasteiger partial charge in [0.15, 0.2) is 5.69 Å². The fraction of sp³-hybridized carbons (Fsp3) is 0.143. The lowest BCUT2D eigenvalue weighted by molar-refractivity contribution is 0.0989. The zero-order valence-corrected chi connectivity index (χ0v) is 10.8. The molecule has 0 unspecified atom stereocenters. The smallest absolute Gasteiger partial charge is 0.278 e. The van der Waals surface area contributed by atoms with E-state index in [4.69, 9.17) is 10.5 Å². The summed E-state index contributed by atoms with van der Waals surface area (Å²) in [6.45, 7) is 0. The Morgan fingerprint density at radius 2 is 1.95 bits per heavy atom. The molecular weight excluding hydrogens is 242 g/mol. The molecule has 0 aliphatic heterocycles. The number of carbonyl (C=O) groups is 1. The number of nitrogens with zero attached hydrogens (tertiary/aromatic N) is 2. The van der Waals surface area contributed by atoms with E-state index in [1.807, 2.05) is 0 Å². The number of nitrogens with two attached hydrogens (primary N) is 1. The minimum Gasteiger partial charge on any atom is -0.497 e. The Labute approximate surface area is 111 Å². The monoisotopic (exact) mass is 257 g/mol. The van der Waals surface area contributed by atoms with Gasteiger partial charge in [-0.25, -0.2) is 4.98 Å². The highest BCUT2D eigenvalue weighted by atomic mass is 16.5. The van der Waals surface area contributed by atoms with E-state index in [2.05, 4.69) is 4.98 Å². The third-order valence-corrected chi connectivity index (χ3v) is 2.81. The van der Waals surface area contributed by atoms with Gasteiger partial charge in [0.2, 0.25) is 0 Å². The second-order valence-corrected chi connectivity index (χ2v) is 4.00. The van der Waals surface area contributed by atoms with Crippen molar-refractivity contribution in [3.8, 4) is 5.75 Å². The first-order valence-electron chi connectivity index (χ1n) is 5.76. The van der Waals surface area contributed by atoms with Gasteiger partial charge < -0.3 is 15.4 Å². The van der Waals surface area contributed by atoms with Crippen LogP contribution in [-0.4, -0.2) is 25.0 Å². The van der Waals surface area contributed by atoms with Crippen LogP contribution in [0.4, 0.5) is 11.4 Å². The van der Waals surface area contributed by atoms with Crippen molar-refractivity contribution in [2.45, 2.75) is 0 Å². The molecule has 5 nitrogen and oxygen atoms in total. The molecule has 2 aromatic rings. The summed E-state index contributed by atoms with van der Waals surface area (Å²) < 4.78 is 5.08. The molecule has 0 bridgehead atoms. The Hall–Kier alpha value is -2.56. The highest BCUT2D eigenvalue weighted by Gasteiger charge is 2.17. The summed E-state index contributed by atoms with van der Waals surface area (Å²) in [5, 5.41) is 0. The standard InChI is InChI=1S/C14H15N3O2/c1-17(10-5-7-11(19-2)8-6-10)14(18)13-12(15)4-3-9-16-13/h3-9H,15H2,1-2H3. The Bertz CT molecular complexity index is 581. The van der Waals surface area contributed by atoms with Crippen LogP contribution < -0.4 is 15.4 Å². The van der Waals surface area contributed by atoms with E-state index < -0.39 is 0 Å². The highest BCUT2D eigenvalue weighted by Crippen LogP contribution is 2.20. The molecule has 0 spiro atoms. The van der Waals surface area contributed by atoms with Gasteiger partial charge in [0.1, 0.15) is 5.75 Å². The minimum absolute atomic E-state index is 0.247. The van der Waals surface area contributed by atoms with Gasteiger partial charge in [0.25, 0.3) is 5.91 Å². The van der Waals surface area contributed by atoms with Gasteiger partial charge in [-0.15, -0.1) is 0 Å². The maximum Gasteiger partial charge on any atom is 0.278 e. The van der Waals surface area contributed by atoms with Crippen LogP contribution in [0, 0.1) is 0 Å². The van der Waals surface area contributed by atoms with E-state index in [1.54, 1.807) is 56.8 Å². The number of aromatic nitrogens is 1. The summed E-state index contributed by atoms with van der Waals surface area (Å²) in [6.07, 6.45) is 1.55. The summed E-state index contributed by atoms with van der Waals surface area (Å²) in [4.78, 5) is 17.8. The largest absolute Gasteiger partial charge is 0.497 e. The van der Waals surface area contributed by atoms with E-state index in [1.165, 1.54) is 4.90 Å². The van der Waals surface area contributed by atoms with Crippen molar-refractivity contribution in [3.05, 3.63) is 48.3 Å². The van der Waals surface area contributed by atoms with Gasteiger partial charge in [-0.3, -0.25) is 4.79 Å². The van der Waals surface area contributed by atoms with E-state index in [0.29, 0.717) is 5.69 Å². The number of methoxy groups -OCH3 is 1. The Morgan fingerprint density at radius 1 is 1.26 bits per heavy atom. The Morgan fingerprint density at radius 3 is 2.53 bits per heavy atom. The number of benzene rings is 1. The number of carbonyl (C=O) groups excluding carboxylic acids is 1. The van der Waals surface area contributed by atoms with Gasteiger partial charge in [0, 0.05) is 18.9 Å². The van der Waals surface area contributed by atoms with Crippen molar-refractivity contribution in [1.29, 1.82) is 0 Å². The molecular formula is C14H15N3O2. The van der Waals surface area contributed by atoms with Crippen LogP contribution >= 0.6 is 0 Å². The highest BCUT2D eigenvalue weighted by molar-refractivity contribution is 6.07. The third-order valence-electron chi connectivity index (χ3n) is 2.81. The van der Waals surface area contributed by atoms with Gasteiger partial charge in [-0.1, -0.05) is 0 Å². The topological polar surface area (TPSA) is 68.5 Å². The fourth-order valence-electron chi connectivity index (χ4n) is 1.68. The quantitative estimate of drug-likeness (QED) is 0.912. The van der Waals surface area contributed by atoms with Crippen molar-refractivity contribution in [2.24, 2.45) is 0 Å². The van der Waals surface area contributed by atoms with Gasteiger partial charge >= 0.3 is 0 Å². The SMILES string of the molecule is COc1ccc(N(C)C(=O)c2ncccc2N)cc1. The maximum atomic E-state index is 12.3. The van der Waals surface area contributed by atoms with Crippen LogP contribution in [0.1, 0.15) is 10.5 Å². The first-order chi connectivity index (χ1) is 9.13. The molecule has 0 fully saturated rings. The Kier molecular flexibility index (Phi) is 3.66. The summed E-state index contributed by atoms with van der Waals surface area (Å²) in [5.74, 6) is 0.491. The summed E-state index contributed by atoms with van der Waals surface area (Å²) in [5.41, 5.74) is 7.12. The predicted octanol–water partition coefficient (Wildman–Crippen LogP) is 1.95. The molecule has 2 rings (SSSR count). The van der Waals surface area contributed by atoms with Crippen LogP contribution in [0.15, 0.2) is 42.6 Å². The number of ether oxygens (including phenoxy) is 1. The second kappa shape index (κ2) is 5.39. The van der Waals surface area contributed by atoms with Crippen LogP contribution in [0.3, 0.4) is 0 Å². The number of nitrogen functional groups attached to an aromatic ring is 1. The van der Waals surface area contributed by atoms with Crippen molar-refractivity contribution >= 4 is 17.3 Å². The lowest BCUT2D eigenvalue weighted by Gasteiger charge is -2.17. The summed E-state index contributed by atoms with van der Waals surface area (Å²) in [7, 11) is 3.27. The molecule has 1 heterocycles. The first kappa shape index (κ1) is 12.9. The Balaban J connectivity index is 2.26. The van der Waals surface area contributed by atoms with Crippen molar-refractivity contribution in [1.82, 2.24) is 4.98 Å². The number of anilines is 2. The average molecular weight is 257 g/mol. The van der Waals surface area contributed by atoms with Gasteiger partial charge in [-0.05, 0) is 36.4 Å². The predicted molar refractivity (Wildman–Crippen MR) is 74.4 cm³/mol. The lowest BCUT2D eigenvalue weighted by Crippen LogP contribution is -2.27. The van der Waals surface area contributed by atoms with Crippen molar-refractivity contribution < 1.29 is 9.53 Å². The zero-order chi connectivity index (χ0) is 13.8. The molecule has 1 amide bonds. The molecule has 0 aliphatic carbocycles. The fourth-order valence-corrected chi connectivity index (χ4v) is 1.68. The lowest BCUT2D eigenvalue weighted by atomic mass is 10.2. The molecule has 0 aliphatic rings. The normalized spacial score (nSPS) is 10.0. The zero-order valence-electron chi connectivity index (χ0n) is 10.8. The first-order valence-corrected chi connectivity index (χ1v) is 5.76. The second-order valence-electron chi connectivity index (χ2n) is 4.00. The molecule has 98 valence electrons. The number of amides is 1. The molecule has 0 atom stereocenters. The molecule has 19 heavy (non-hydrogen) atoms. The van der Waals surface area contributed by atoms with E-state index in [0.717, 1.165) is 11.4 Å². The molecule has 1 aromatic heterocycles. The van der Waals surface area contributed by atoms with Crippen LogP contribution in [0.2, 0.25) is 0 Å². The average Bonchev–Trinajstić information content (AvgIpc) is 2.46. The third kappa shape index (κ3) is 2.65. The van der Waals surface area contributed by atoms with Crippen molar-refractivity contribution in [3.63, 3.8) is 0 Å².